The number of hydrogen-bond acceptors (Lipinski definition) is 1. The lowest BCUT2D eigenvalue weighted by molar-refractivity contribution is 0.321. The van der Waals surface area contributed by atoms with E-state index in [1.807, 2.05) is 6.07 Å². The van der Waals surface area contributed by atoms with Crippen LogP contribution < -0.4 is 10.4 Å². The van der Waals surface area contributed by atoms with Gasteiger partial charge >= 0.3 is 0 Å². The van der Waals surface area contributed by atoms with Gasteiger partial charge < -0.3 is 4.43 Å². The highest BCUT2D eigenvalue weighted by atomic mass is 28.3. The van der Waals surface area contributed by atoms with Crippen LogP contribution >= 0.6 is 0 Å². The first-order valence-corrected chi connectivity index (χ1v) is 8.81. The zero-order valence-electron chi connectivity index (χ0n) is 11.9. The highest BCUT2D eigenvalue weighted by Crippen LogP contribution is 2.03. The maximum absolute atomic E-state index is 6.34. The summed E-state index contributed by atoms with van der Waals surface area (Å²) in [5.74, 6) is 0. The molecule has 0 unspecified atom stereocenters. The van der Waals surface area contributed by atoms with E-state index in [0.29, 0.717) is 6.61 Å². The highest BCUT2D eigenvalue weighted by molar-refractivity contribution is 6.79. The zero-order chi connectivity index (χ0) is 14.3. The Balaban J connectivity index is 1.83. The minimum absolute atomic E-state index is 0.668. The van der Waals surface area contributed by atoms with Gasteiger partial charge in [0.05, 0.1) is 6.61 Å². The molecule has 21 heavy (non-hydrogen) atoms. The minimum Gasteiger partial charge on any atom is -0.407 e. The molecule has 1 nitrogen and oxygen atoms in total. The second kappa shape index (κ2) is 7.02. The largest absolute Gasteiger partial charge is 0.407 e. The summed E-state index contributed by atoms with van der Waals surface area (Å²) in [6.07, 6.45) is 0. The molecule has 0 saturated heterocycles. The molecule has 0 N–H and O–H groups in total. The van der Waals surface area contributed by atoms with Crippen molar-refractivity contribution in [3.63, 3.8) is 0 Å². The van der Waals surface area contributed by atoms with Crippen molar-refractivity contribution in [3.05, 3.63) is 96.6 Å². The first-order chi connectivity index (χ1) is 10.4. The van der Waals surface area contributed by atoms with Crippen molar-refractivity contribution in [3.8, 4) is 0 Å². The first kappa shape index (κ1) is 13.8. The van der Waals surface area contributed by atoms with E-state index in [1.165, 1.54) is 15.9 Å². The summed E-state index contributed by atoms with van der Waals surface area (Å²) in [6, 6.07) is 31.5. The van der Waals surface area contributed by atoms with E-state index in [2.05, 4.69) is 84.9 Å². The van der Waals surface area contributed by atoms with Gasteiger partial charge in [0.15, 0.2) is 0 Å². The summed E-state index contributed by atoms with van der Waals surface area (Å²) in [4.78, 5) is 0. The Hall–Kier alpha value is -2.16. The number of benzene rings is 3. The molecule has 3 rings (SSSR count). The SMILES string of the molecule is c1ccc(CO[SiH](c2ccccc2)c2ccccc2)cc1. The van der Waals surface area contributed by atoms with Crippen molar-refractivity contribution in [1.29, 1.82) is 0 Å². The quantitative estimate of drug-likeness (QED) is 0.657. The van der Waals surface area contributed by atoms with Crippen LogP contribution in [0.4, 0.5) is 0 Å². The van der Waals surface area contributed by atoms with Gasteiger partial charge in [-0.2, -0.15) is 0 Å². The Kier molecular flexibility index (Phi) is 4.61. The molecule has 0 fully saturated rings. The minimum atomic E-state index is -1.62. The van der Waals surface area contributed by atoms with Crippen LogP contribution in [-0.2, 0) is 11.0 Å². The van der Waals surface area contributed by atoms with Crippen molar-refractivity contribution >= 4 is 19.4 Å². The smallest absolute Gasteiger partial charge is 0.240 e. The van der Waals surface area contributed by atoms with Crippen molar-refractivity contribution in [2.45, 2.75) is 6.61 Å². The predicted molar refractivity (Wildman–Crippen MR) is 90.5 cm³/mol. The molecule has 0 aliphatic carbocycles. The number of hydrogen-bond donors (Lipinski definition) is 0. The Morgan fingerprint density at radius 3 is 1.48 bits per heavy atom. The fourth-order valence-corrected chi connectivity index (χ4v) is 4.67. The van der Waals surface area contributed by atoms with Crippen molar-refractivity contribution < 1.29 is 4.43 Å². The molecule has 3 aromatic carbocycles. The molecule has 0 aliphatic heterocycles. The van der Waals surface area contributed by atoms with Crippen LogP contribution in [0, 0.1) is 0 Å². The van der Waals surface area contributed by atoms with E-state index in [-0.39, 0.29) is 0 Å². The molecule has 104 valence electrons. The molecule has 0 saturated carbocycles. The van der Waals surface area contributed by atoms with Gasteiger partial charge in [-0.15, -0.1) is 0 Å². The van der Waals surface area contributed by atoms with Gasteiger partial charge in [-0.1, -0.05) is 91.0 Å². The van der Waals surface area contributed by atoms with E-state index in [1.54, 1.807) is 0 Å². The fourth-order valence-electron chi connectivity index (χ4n) is 2.39. The monoisotopic (exact) mass is 290 g/mol. The second-order valence-corrected chi connectivity index (χ2v) is 7.42. The van der Waals surface area contributed by atoms with Gasteiger partial charge in [0.1, 0.15) is 0 Å². The summed E-state index contributed by atoms with van der Waals surface area (Å²) in [6.45, 7) is 0.668. The normalized spacial score (nSPS) is 10.7. The summed E-state index contributed by atoms with van der Waals surface area (Å²) >= 11 is 0. The molecule has 0 amide bonds. The molecular weight excluding hydrogens is 272 g/mol. The van der Waals surface area contributed by atoms with E-state index in [4.69, 9.17) is 4.43 Å². The molecule has 0 aromatic heterocycles. The molecule has 2 heteroatoms. The van der Waals surface area contributed by atoms with Crippen molar-refractivity contribution in [2.75, 3.05) is 0 Å². The van der Waals surface area contributed by atoms with Crippen LogP contribution in [0.1, 0.15) is 5.56 Å². The Morgan fingerprint density at radius 1 is 0.571 bits per heavy atom. The first-order valence-electron chi connectivity index (χ1n) is 7.19. The molecule has 0 aliphatic rings. The van der Waals surface area contributed by atoms with Crippen molar-refractivity contribution in [1.82, 2.24) is 0 Å². The van der Waals surface area contributed by atoms with E-state index >= 15 is 0 Å². The van der Waals surface area contributed by atoms with E-state index in [0.717, 1.165) is 0 Å². The lowest BCUT2D eigenvalue weighted by Crippen LogP contribution is -2.44. The molecule has 0 heterocycles. The van der Waals surface area contributed by atoms with E-state index < -0.39 is 9.04 Å². The van der Waals surface area contributed by atoms with Gasteiger partial charge in [-0.05, 0) is 15.9 Å². The van der Waals surface area contributed by atoms with Gasteiger partial charge in [-0.25, -0.2) is 0 Å². The summed E-state index contributed by atoms with van der Waals surface area (Å²) in [5, 5.41) is 2.64. The molecule has 3 aromatic rings. The maximum atomic E-state index is 6.34. The Labute approximate surface area is 127 Å². The van der Waals surface area contributed by atoms with E-state index in [9.17, 15) is 0 Å². The number of rotatable bonds is 5. The Morgan fingerprint density at radius 2 is 1.00 bits per heavy atom. The molecular formula is C19H18OSi. The van der Waals surface area contributed by atoms with Gasteiger partial charge in [0.2, 0.25) is 9.04 Å². The van der Waals surface area contributed by atoms with Crippen LogP contribution in [0.25, 0.3) is 0 Å². The average molecular weight is 290 g/mol. The third-order valence-corrected chi connectivity index (χ3v) is 5.94. The van der Waals surface area contributed by atoms with Crippen LogP contribution in [0.3, 0.4) is 0 Å². The maximum Gasteiger partial charge on any atom is 0.240 e. The predicted octanol–water partition coefficient (Wildman–Crippen LogP) is 2.74. The molecule has 0 radical (unpaired) electrons. The highest BCUT2D eigenvalue weighted by Gasteiger charge is 2.17. The molecule has 0 bridgehead atoms. The Bertz CT molecular complexity index is 613. The molecule has 0 atom stereocenters. The molecule has 0 spiro atoms. The summed E-state index contributed by atoms with van der Waals surface area (Å²) in [7, 11) is -1.62. The summed E-state index contributed by atoms with van der Waals surface area (Å²) in [5.41, 5.74) is 1.22. The van der Waals surface area contributed by atoms with Crippen LogP contribution in [0.15, 0.2) is 91.0 Å². The van der Waals surface area contributed by atoms with Gasteiger partial charge in [0, 0.05) is 0 Å². The summed E-state index contributed by atoms with van der Waals surface area (Å²) < 4.78 is 6.34. The topological polar surface area (TPSA) is 9.23 Å². The van der Waals surface area contributed by atoms with Crippen LogP contribution in [0.5, 0.6) is 0 Å². The lowest BCUT2D eigenvalue weighted by Gasteiger charge is -2.17. The third kappa shape index (κ3) is 3.69. The standard InChI is InChI=1S/C19H18OSi/c1-4-10-17(11-5-1)16-20-21(18-12-6-2-7-13-18)19-14-8-3-9-15-19/h1-15,21H,16H2. The zero-order valence-corrected chi connectivity index (χ0v) is 13.0. The van der Waals surface area contributed by atoms with Crippen molar-refractivity contribution in [2.24, 2.45) is 0 Å². The van der Waals surface area contributed by atoms with Gasteiger partial charge in [-0.3, -0.25) is 0 Å². The third-order valence-electron chi connectivity index (χ3n) is 3.46. The fraction of sp³-hybridized carbons (Fsp3) is 0.0526. The van der Waals surface area contributed by atoms with Gasteiger partial charge in [0.25, 0.3) is 0 Å². The average Bonchev–Trinajstić information content (AvgIpc) is 2.58. The van der Waals surface area contributed by atoms with Crippen LogP contribution in [0.2, 0.25) is 0 Å². The second-order valence-electron chi connectivity index (χ2n) is 5.00. The van der Waals surface area contributed by atoms with Crippen LogP contribution in [-0.4, -0.2) is 9.04 Å². The lowest BCUT2D eigenvalue weighted by atomic mass is 10.2.